The molecular formula is C59H86N12O26. The van der Waals surface area contributed by atoms with Gasteiger partial charge >= 0.3 is 5.97 Å². The number of hydrogen-bond acceptors (Lipinski definition) is 28. The number of nitrogens with one attached hydrogen (secondary N) is 11. The molecule has 0 bridgehead atoms. The number of amides is 6. The highest BCUT2D eigenvalue weighted by Gasteiger charge is 2.55. The molecule has 38 heteroatoms. The summed E-state index contributed by atoms with van der Waals surface area (Å²) in [5.41, 5.74) is 0.687. The average molecular weight is 1380 g/mol. The molecule has 0 spiro atoms. The first-order valence-corrected chi connectivity index (χ1v) is 31.3. The smallest absolute Gasteiger partial charge is 0.306 e. The normalized spacial score (nSPS) is 35.9. The molecule has 6 aliphatic heterocycles. The third-order valence-corrected chi connectivity index (χ3v) is 17.4. The Kier molecular flexibility index (Phi) is 25.8. The lowest BCUT2D eigenvalue weighted by atomic mass is 9.92. The molecule has 0 aliphatic carbocycles. The number of carbonyl (C=O) groups is 7. The second-order valence-corrected chi connectivity index (χ2v) is 24.7. The number of rotatable bonds is 20. The van der Waals surface area contributed by atoms with Crippen molar-refractivity contribution in [1.29, 1.82) is 10.8 Å². The van der Waals surface area contributed by atoms with Crippen molar-refractivity contribution in [3.8, 4) is 5.75 Å². The van der Waals surface area contributed by atoms with E-state index in [1.165, 1.54) is 24.3 Å². The van der Waals surface area contributed by atoms with Crippen LogP contribution in [0, 0.1) is 16.7 Å². The topological polar surface area (TPSA) is 597 Å². The third-order valence-electron chi connectivity index (χ3n) is 17.4. The molecule has 97 heavy (non-hydrogen) atoms. The molecule has 2 aromatic carbocycles. The Morgan fingerprint density at radius 1 is 0.577 bits per heavy atom. The fraction of sp³-hybridized carbons (Fsp3) is 0.644. The SMILES string of the molecule is CC(C)CC(=O)OC1C(OC2C(CO)OC(Oc3ccc(CC4NC(=O)C(C(C)c5ccccc5)NC(=O)CNC(=O)C(CO)NC(=O)C(C(O)C5CNC(=N)N5C5OC(CO)C(O)C(O)C5O)NC(=O)C(C(O)C5CNC(=N)N5)NC4=O)cc3)C(O)C2O)OC(CO)C(O)C1O. The number of hydrogen-bond donors (Lipinski definition) is 24. The van der Waals surface area contributed by atoms with Crippen molar-refractivity contribution >= 4 is 53.3 Å². The Morgan fingerprint density at radius 3 is 1.79 bits per heavy atom. The lowest BCUT2D eigenvalue weighted by molar-refractivity contribution is -0.353. The van der Waals surface area contributed by atoms with Crippen LogP contribution in [0.15, 0.2) is 54.6 Å². The van der Waals surface area contributed by atoms with Crippen LogP contribution < -0.4 is 52.6 Å². The van der Waals surface area contributed by atoms with E-state index in [2.05, 4.69) is 47.9 Å². The van der Waals surface area contributed by atoms with Gasteiger partial charge in [-0.1, -0.05) is 63.2 Å². The van der Waals surface area contributed by atoms with Gasteiger partial charge in [-0.3, -0.25) is 44.4 Å². The minimum atomic E-state index is -2.37. The van der Waals surface area contributed by atoms with Crippen molar-refractivity contribution in [3.63, 3.8) is 0 Å². The Labute approximate surface area is 553 Å². The zero-order valence-electron chi connectivity index (χ0n) is 52.6. The zero-order valence-corrected chi connectivity index (χ0v) is 52.6. The zero-order chi connectivity index (χ0) is 70.9. The van der Waals surface area contributed by atoms with Gasteiger partial charge in [0, 0.05) is 31.8 Å². The number of guanidine groups is 2. The molecule has 6 heterocycles. The van der Waals surface area contributed by atoms with E-state index in [-0.39, 0.29) is 36.2 Å². The lowest BCUT2D eigenvalue weighted by Gasteiger charge is -2.46. The summed E-state index contributed by atoms with van der Waals surface area (Å²) < 4.78 is 34.4. The minimum Gasteiger partial charge on any atom is -0.462 e. The monoisotopic (exact) mass is 1380 g/mol. The van der Waals surface area contributed by atoms with Crippen LogP contribution in [-0.2, 0) is 63.7 Å². The van der Waals surface area contributed by atoms with Gasteiger partial charge in [-0.2, -0.15) is 0 Å². The number of esters is 1. The first kappa shape index (κ1) is 75.2. The molecule has 538 valence electrons. The Hall–Kier alpha value is -7.61. The van der Waals surface area contributed by atoms with Gasteiger partial charge in [-0.25, -0.2) is 0 Å². The first-order chi connectivity index (χ1) is 46.1. The Morgan fingerprint density at radius 2 is 1.16 bits per heavy atom. The molecule has 6 aliphatic rings. The fourth-order valence-corrected chi connectivity index (χ4v) is 11.9. The number of ether oxygens (including phenoxy) is 6. The van der Waals surface area contributed by atoms with Gasteiger partial charge in [0.2, 0.25) is 41.7 Å². The summed E-state index contributed by atoms with van der Waals surface area (Å²) in [5, 5.41) is 181. The number of nitrogens with zero attached hydrogens (tertiary/aromatic N) is 1. The highest BCUT2D eigenvalue weighted by molar-refractivity contribution is 5.98. The first-order valence-electron chi connectivity index (χ1n) is 31.3. The summed E-state index contributed by atoms with van der Waals surface area (Å²) in [6, 6.07) is 0.636. The van der Waals surface area contributed by atoms with Crippen LogP contribution in [0.2, 0.25) is 0 Å². The van der Waals surface area contributed by atoms with Gasteiger partial charge < -0.3 is 148 Å². The number of aliphatic hydroxyl groups is 13. The van der Waals surface area contributed by atoms with Crippen molar-refractivity contribution in [2.75, 3.05) is 46.1 Å². The summed E-state index contributed by atoms with van der Waals surface area (Å²) in [4.78, 5) is 101. The van der Waals surface area contributed by atoms with Crippen LogP contribution in [0.25, 0.3) is 0 Å². The summed E-state index contributed by atoms with van der Waals surface area (Å²) in [6.07, 6.45) is -32.1. The van der Waals surface area contributed by atoms with Crippen molar-refractivity contribution in [3.05, 3.63) is 65.7 Å². The molecule has 6 amide bonds. The highest BCUT2D eigenvalue weighted by Crippen LogP contribution is 2.33. The van der Waals surface area contributed by atoms with Crippen LogP contribution in [0.4, 0.5) is 0 Å². The maximum Gasteiger partial charge on any atom is 0.306 e. The molecule has 25 unspecified atom stereocenters. The second-order valence-electron chi connectivity index (χ2n) is 24.7. The van der Waals surface area contributed by atoms with E-state index in [1.54, 1.807) is 51.1 Å². The molecule has 6 fully saturated rings. The molecule has 0 saturated carbocycles. The standard InChI is InChI=1S/C59H86N12O26/c1-22(2)13-35(77)96-49-44(83)42(81)32(20-74)94-57(49)97-48-33(21-75)95-56(47(86)45(48)84)92-26-11-9-24(10-12-26)14-27-51(88)69-37(39(78)28-15-63-58(60)67-28)54(91)70-38(40(79)30-16-64-59(61)71(30)55-46(85)43(82)41(80)31(19-73)93-55)53(90)66-29(18-72)50(87)62-17-34(76)68-36(52(89)65-27)23(3)25-7-5-4-6-8-25/h4-12,22-23,27-33,36-49,55-57,72-75,78-86H,13-21H2,1-3H3,(H2,61,64)(H,62,87)(H,65,89)(H,66,90)(H,68,76)(H,69,88)(H,70,91)(H3,60,63,67). The number of benzene rings is 2. The quantitative estimate of drug-likeness (QED) is 0.0547. The van der Waals surface area contributed by atoms with Gasteiger partial charge in [0.05, 0.1) is 45.1 Å². The van der Waals surface area contributed by atoms with E-state index in [9.17, 15) is 90.4 Å². The highest BCUT2D eigenvalue weighted by atomic mass is 16.7. The van der Waals surface area contributed by atoms with Crippen molar-refractivity contribution < 1.29 is 128 Å². The predicted octanol–water partition coefficient (Wildman–Crippen LogP) is -11.6. The summed E-state index contributed by atoms with van der Waals surface area (Å²) in [5.74, 6) is -10.4. The van der Waals surface area contributed by atoms with E-state index in [0.717, 1.165) is 4.90 Å². The maximum atomic E-state index is 15.2. The van der Waals surface area contributed by atoms with Crippen molar-refractivity contribution in [2.24, 2.45) is 5.92 Å². The minimum absolute atomic E-state index is 0.0906. The molecule has 0 aromatic heterocycles. The molecular weight excluding hydrogens is 1290 g/mol. The summed E-state index contributed by atoms with van der Waals surface area (Å²) in [6.45, 7) is -0.537. The van der Waals surface area contributed by atoms with Crippen molar-refractivity contribution in [2.45, 2.75) is 186 Å². The largest absolute Gasteiger partial charge is 0.462 e. The van der Waals surface area contributed by atoms with E-state index >= 15 is 9.59 Å². The lowest BCUT2D eigenvalue weighted by Crippen LogP contribution is -2.69. The molecule has 25 atom stereocenters. The number of aliphatic hydroxyl groups excluding tert-OH is 13. The van der Waals surface area contributed by atoms with E-state index in [0.29, 0.717) is 5.56 Å². The maximum absolute atomic E-state index is 15.2. The van der Waals surface area contributed by atoms with Gasteiger partial charge in [0.1, 0.15) is 115 Å². The van der Waals surface area contributed by atoms with Crippen LogP contribution in [0.3, 0.4) is 0 Å². The second kappa shape index (κ2) is 33.3. The van der Waals surface area contributed by atoms with Crippen LogP contribution in [0.1, 0.15) is 44.2 Å². The Balaban J connectivity index is 1.10. The van der Waals surface area contributed by atoms with Crippen molar-refractivity contribution in [1.82, 2.24) is 52.8 Å². The molecule has 8 rings (SSSR count). The summed E-state index contributed by atoms with van der Waals surface area (Å²) >= 11 is 0. The molecule has 6 saturated heterocycles. The molecule has 0 radical (unpaired) electrons. The van der Waals surface area contributed by atoms with Gasteiger partial charge in [-0.15, -0.1) is 0 Å². The molecule has 24 N–H and O–H groups in total. The number of carbonyl (C=O) groups excluding carboxylic acids is 7. The van der Waals surface area contributed by atoms with Crippen LogP contribution in [0.5, 0.6) is 5.75 Å². The van der Waals surface area contributed by atoms with Gasteiger partial charge in [0.25, 0.3) is 0 Å². The van der Waals surface area contributed by atoms with Gasteiger partial charge in [-0.05, 0) is 29.2 Å². The van der Waals surface area contributed by atoms with E-state index in [4.69, 9.17) is 39.2 Å². The summed E-state index contributed by atoms with van der Waals surface area (Å²) in [7, 11) is 0. The third kappa shape index (κ3) is 17.6. The van der Waals surface area contributed by atoms with E-state index < -0.39 is 246 Å². The fourth-order valence-electron chi connectivity index (χ4n) is 11.9. The molecule has 2 aromatic rings. The van der Waals surface area contributed by atoms with Crippen LogP contribution in [-0.4, -0.2) is 317 Å². The molecule has 38 nitrogen and oxygen atoms in total. The van der Waals surface area contributed by atoms with Crippen LogP contribution >= 0.6 is 0 Å². The predicted molar refractivity (Wildman–Crippen MR) is 325 cm³/mol. The average Bonchev–Trinajstić information content (AvgIpc) is 1.76. The van der Waals surface area contributed by atoms with Gasteiger partial charge in [0.15, 0.2) is 30.5 Å². The van der Waals surface area contributed by atoms with E-state index in [1.807, 2.05) is 0 Å². The Bertz CT molecular complexity index is 3070.